The van der Waals surface area contributed by atoms with Gasteiger partial charge in [-0.3, -0.25) is 0 Å². The van der Waals surface area contributed by atoms with Gasteiger partial charge >= 0.3 is 0 Å². The fourth-order valence-corrected chi connectivity index (χ4v) is 1.98. The lowest BCUT2D eigenvalue weighted by Crippen LogP contribution is -2.37. The minimum Gasteiger partial charge on any atom is -0.370 e. The van der Waals surface area contributed by atoms with E-state index in [1.54, 1.807) is 6.92 Å². The van der Waals surface area contributed by atoms with Gasteiger partial charge in [-0.1, -0.05) is 17.3 Å². The molecule has 0 spiro atoms. The highest BCUT2D eigenvalue weighted by molar-refractivity contribution is 5.77. The average molecular weight is 279 g/mol. The van der Waals surface area contributed by atoms with Crippen LogP contribution in [0, 0.1) is 6.92 Å². The summed E-state index contributed by atoms with van der Waals surface area (Å²) < 4.78 is 11.0. The molecule has 2 atom stereocenters. The highest BCUT2D eigenvalue weighted by atomic mass is 16.5. The lowest BCUT2D eigenvalue weighted by molar-refractivity contribution is 0.0286. The summed E-state index contributed by atoms with van der Waals surface area (Å²) in [7, 11) is 0. The molecule has 7 nitrogen and oxygen atoms in total. The molecule has 0 aromatic carbocycles. The van der Waals surface area contributed by atoms with Crippen LogP contribution in [0.1, 0.15) is 37.6 Å². The first kappa shape index (κ1) is 14.5. The largest absolute Gasteiger partial charge is 0.370 e. The van der Waals surface area contributed by atoms with Gasteiger partial charge in [0.2, 0.25) is 0 Å². The molecule has 1 aromatic rings. The van der Waals surface area contributed by atoms with Crippen molar-refractivity contribution >= 4 is 5.96 Å². The minimum absolute atomic E-state index is 0.0748. The lowest BCUT2D eigenvalue weighted by atomic mass is 10.2. The van der Waals surface area contributed by atoms with Crippen LogP contribution in [0.3, 0.4) is 0 Å². The Balaban J connectivity index is 1.76. The second-order valence-electron chi connectivity index (χ2n) is 5.04. The van der Waals surface area contributed by atoms with E-state index >= 15 is 0 Å². The van der Waals surface area contributed by atoms with Crippen molar-refractivity contribution in [2.75, 3.05) is 13.1 Å². The molecule has 110 valence electrons. The van der Waals surface area contributed by atoms with Crippen molar-refractivity contribution in [1.82, 2.24) is 15.5 Å². The maximum absolute atomic E-state index is 5.85. The monoisotopic (exact) mass is 279 g/mol. The zero-order chi connectivity index (χ0) is 14.5. The van der Waals surface area contributed by atoms with E-state index in [0.717, 1.165) is 18.4 Å². The lowest BCUT2D eigenvalue weighted by Gasteiger charge is -2.12. The Hall–Kier alpha value is -1.89. The zero-order valence-electron chi connectivity index (χ0n) is 11.9. The van der Waals surface area contributed by atoms with Crippen molar-refractivity contribution < 1.29 is 9.26 Å². The molecular weight excluding hydrogens is 258 g/mol. The van der Waals surface area contributed by atoms with Crippen LogP contribution in [0.4, 0.5) is 0 Å². The van der Waals surface area contributed by atoms with E-state index in [-0.39, 0.29) is 12.2 Å². The number of nitrogens with one attached hydrogen (secondary N) is 1. The van der Waals surface area contributed by atoms with E-state index in [2.05, 4.69) is 27.0 Å². The third-order valence-corrected chi connectivity index (χ3v) is 2.96. The van der Waals surface area contributed by atoms with Crippen molar-refractivity contribution in [3.63, 3.8) is 0 Å². The van der Waals surface area contributed by atoms with Crippen molar-refractivity contribution in [3.05, 3.63) is 23.9 Å². The smallest absolute Gasteiger partial charge is 0.255 e. The number of nitrogens with zero attached hydrogens (tertiary/aromatic N) is 3. The predicted molar refractivity (Wildman–Crippen MR) is 75.2 cm³/mol. The van der Waals surface area contributed by atoms with Crippen LogP contribution >= 0.6 is 0 Å². The van der Waals surface area contributed by atoms with Gasteiger partial charge < -0.3 is 20.3 Å². The molecule has 1 aliphatic heterocycles. The Labute approximate surface area is 118 Å². The van der Waals surface area contributed by atoms with Gasteiger partial charge in [-0.15, -0.1) is 0 Å². The van der Waals surface area contributed by atoms with Crippen LogP contribution in [0.2, 0.25) is 0 Å². The summed E-state index contributed by atoms with van der Waals surface area (Å²) in [6, 6.07) is 0. The van der Waals surface area contributed by atoms with Gasteiger partial charge in [0, 0.05) is 6.54 Å². The molecule has 3 N–H and O–H groups in total. The molecule has 1 aliphatic rings. The van der Waals surface area contributed by atoms with E-state index in [9.17, 15) is 0 Å². The van der Waals surface area contributed by atoms with Crippen molar-refractivity contribution in [1.29, 1.82) is 0 Å². The first-order valence-corrected chi connectivity index (χ1v) is 6.68. The van der Waals surface area contributed by atoms with Crippen LogP contribution in [0.15, 0.2) is 21.7 Å². The number of nitrogens with two attached hydrogens (primary N) is 1. The van der Waals surface area contributed by atoms with Crippen LogP contribution < -0.4 is 11.1 Å². The van der Waals surface area contributed by atoms with E-state index in [1.165, 1.54) is 0 Å². The number of hydrogen-bond donors (Lipinski definition) is 2. The van der Waals surface area contributed by atoms with Crippen LogP contribution in [-0.4, -0.2) is 35.3 Å². The molecule has 1 fully saturated rings. The van der Waals surface area contributed by atoms with E-state index in [4.69, 9.17) is 15.0 Å². The molecule has 2 rings (SSSR count). The summed E-state index contributed by atoms with van der Waals surface area (Å²) in [5.74, 6) is 1.59. The molecule has 1 aromatic heterocycles. The van der Waals surface area contributed by atoms with Crippen molar-refractivity contribution in [3.8, 4) is 0 Å². The summed E-state index contributed by atoms with van der Waals surface area (Å²) in [5.41, 5.74) is 6.72. The first-order valence-electron chi connectivity index (χ1n) is 6.68. The molecule has 0 saturated carbocycles. The van der Waals surface area contributed by atoms with Gasteiger partial charge in [-0.05, 0) is 26.7 Å². The normalized spacial score (nSPS) is 23.0. The van der Waals surface area contributed by atoms with E-state index in [0.29, 0.717) is 30.8 Å². The third kappa shape index (κ3) is 4.06. The second-order valence-corrected chi connectivity index (χ2v) is 5.04. The van der Waals surface area contributed by atoms with Gasteiger partial charge in [0.25, 0.3) is 5.89 Å². The standard InChI is InChI=1S/C13H21N5O2/c1-8(2)6-15-13(14)16-7-10-4-5-11(19-10)12-17-9(3)18-20-12/h10-11H,1,4-7H2,2-3H3,(H3,14,15,16)/t10-,11+/m1/s1. The minimum atomic E-state index is -0.114. The number of hydrogen-bond acceptors (Lipinski definition) is 5. The summed E-state index contributed by atoms with van der Waals surface area (Å²) in [5, 5.41) is 6.82. The van der Waals surface area contributed by atoms with Gasteiger partial charge in [0.1, 0.15) is 6.10 Å². The first-order chi connectivity index (χ1) is 9.54. The molecule has 0 bridgehead atoms. The number of guanidine groups is 1. The van der Waals surface area contributed by atoms with Crippen molar-refractivity contribution in [2.45, 2.75) is 38.9 Å². The molecule has 0 unspecified atom stereocenters. The fourth-order valence-electron chi connectivity index (χ4n) is 1.98. The highest BCUT2D eigenvalue weighted by Gasteiger charge is 2.30. The van der Waals surface area contributed by atoms with Crippen LogP contribution in [0.25, 0.3) is 0 Å². The Bertz CT molecular complexity index is 497. The molecule has 1 saturated heterocycles. The maximum Gasteiger partial charge on any atom is 0.255 e. The number of aromatic nitrogens is 2. The zero-order valence-corrected chi connectivity index (χ0v) is 11.9. The molecule has 2 heterocycles. The Morgan fingerprint density at radius 1 is 1.55 bits per heavy atom. The van der Waals surface area contributed by atoms with Crippen molar-refractivity contribution in [2.24, 2.45) is 10.7 Å². The summed E-state index contributed by atoms with van der Waals surface area (Å²) in [6.45, 7) is 8.63. The molecule has 0 amide bonds. The quantitative estimate of drug-likeness (QED) is 0.475. The number of aliphatic imine (C=N–C) groups is 1. The Morgan fingerprint density at radius 3 is 3.00 bits per heavy atom. The maximum atomic E-state index is 5.85. The number of ether oxygens (including phenoxy) is 1. The van der Waals surface area contributed by atoms with E-state index in [1.807, 2.05) is 6.92 Å². The summed E-state index contributed by atoms with van der Waals surface area (Å²) in [6.07, 6.45) is 1.76. The van der Waals surface area contributed by atoms with Gasteiger partial charge in [-0.2, -0.15) is 4.98 Å². The topological polar surface area (TPSA) is 98.6 Å². The fraction of sp³-hybridized carbons (Fsp3) is 0.615. The Morgan fingerprint density at radius 2 is 2.35 bits per heavy atom. The molecule has 20 heavy (non-hydrogen) atoms. The van der Waals surface area contributed by atoms with E-state index < -0.39 is 0 Å². The summed E-state index contributed by atoms with van der Waals surface area (Å²) in [4.78, 5) is 8.34. The van der Waals surface area contributed by atoms with Gasteiger partial charge in [0.05, 0.1) is 12.6 Å². The number of aryl methyl sites for hydroxylation is 1. The third-order valence-electron chi connectivity index (χ3n) is 2.96. The average Bonchev–Trinajstić information content (AvgIpc) is 3.02. The van der Waals surface area contributed by atoms with Crippen LogP contribution in [0.5, 0.6) is 0 Å². The molecule has 7 heteroatoms. The van der Waals surface area contributed by atoms with Crippen LogP contribution in [-0.2, 0) is 4.74 Å². The summed E-state index contributed by atoms with van der Waals surface area (Å²) >= 11 is 0. The van der Waals surface area contributed by atoms with Gasteiger partial charge in [0.15, 0.2) is 11.8 Å². The molecule has 0 aliphatic carbocycles. The molecule has 0 radical (unpaired) electrons. The second kappa shape index (κ2) is 6.51. The SMILES string of the molecule is C=C(C)CN=C(N)NC[C@H]1CC[C@@H](c2nc(C)no2)O1. The predicted octanol–water partition coefficient (Wildman–Crippen LogP) is 1.08. The number of rotatable bonds is 5. The molecular formula is C13H21N5O2. The van der Waals surface area contributed by atoms with Gasteiger partial charge in [-0.25, -0.2) is 4.99 Å². The highest BCUT2D eigenvalue weighted by Crippen LogP contribution is 2.31. The Kier molecular flexibility index (Phi) is 4.73.